The van der Waals surface area contributed by atoms with E-state index in [2.05, 4.69) is 34.5 Å². The first-order valence-electron chi connectivity index (χ1n) is 8.44. The van der Waals surface area contributed by atoms with Crippen LogP contribution in [0, 0.1) is 0 Å². The van der Waals surface area contributed by atoms with Gasteiger partial charge in [-0.3, -0.25) is 0 Å². The summed E-state index contributed by atoms with van der Waals surface area (Å²) in [6.45, 7) is 3.38. The van der Waals surface area contributed by atoms with E-state index < -0.39 is 0 Å². The van der Waals surface area contributed by atoms with Crippen molar-refractivity contribution in [2.45, 2.75) is 38.1 Å². The minimum absolute atomic E-state index is 0.699. The molecule has 4 rings (SSSR count). The van der Waals surface area contributed by atoms with Gasteiger partial charge in [-0.05, 0) is 67.6 Å². The minimum Gasteiger partial charge on any atom is -0.368 e. The highest BCUT2D eigenvalue weighted by Crippen LogP contribution is 2.33. The summed E-state index contributed by atoms with van der Waals surface area (Å²) in [6.07, 6.45) is 10.6. The molecule has 1 fully saturated rings. The maximum absolute atomic E-state index is 6.19. The van der Waals surface area contributed by atoms with Crippen LogP contribution in [0.25, 0.3) is 0 Å². The summed E-state index contributed by atoms with van der Waals surface area (Å²) in [4.78, 5) is 2.68. The van der Waals surface area contributed by atoms with E-state index in [0.29, 0.717) is 6.04 Å². The number of nitrogens with zero attached hydrogens (tertiary/aromatic N) is 1. The summed E-state index contributed by atoms with van der Waals surface area (Å²) in [5.74, 6) is 0. The molecule has 1 aliphatic carbocycles. The molecule has 0 atom stereocenters. The van der Waals surface area contributed by atoms with Crippen molar-refractivity contribution in [1.82, 2.24) is 10.2 Å². The quantitative estimate of drug-likeness (QED) is 0.850. The lowest BCUT2D eigenvalue weighted by Gasteiger charge is -2.40. The SMILES string of the molecule is Clc1ccc2c(c1)CCC1=C(C2)N(C2CCNCC2)CC=C1. The number of benzene rings is 1. The molecule has 0 aromatic heterocycles. The molecule has 116 valence electrons. The molecular weight excluding hydrogens is 292 g/mol. The Morgan fingerprint density at radius 3 is 2.82 bits per heavy atom. The van der Waals surface area contributed by atoms with Gasteiger partial charge in [0.15, 0.2) is 0 Å². The van der Waals surface area contributed by atoms with Gasteiger partial charge in [-0.1, -0.05) is 29.8 Å². The molecule has 2 aliphatic heterocycles. The fraction of sp³-hybridized carbons (Fsp3) is 0.474. The zero-order valence-corrected chi connectivity index (χ0v) is 13.7. The van der Waals surface area contributed by atoms with E-state index in [1.807, 2.05) is 6.07 Å². The molecule has 1 saturated heterocycles. The highest BCUT2D eigenvalue weighted by molar-refractivity contribution is 6.30. The van der Waals surface area contributed by atoms with Gasteiger partial charge in [0, 0.05) is 29.7 Å². The molecule has 3 aliphatic rings. The lowest BCUT2D eigenvalue weighted by atomic mass is 9.97. The number of halogens is 1. The number of hydrogen-bond donors (Lipinski definition) is 1. The lowest BCUT2D eigenvalue weighted by molar-refractivity contribution is 0.217. The molecule has 3 heteroatoms. The largest absolute Gasteiger partial charge is 0.368 e. The van der Waals surface area contributed by atoms with Gasteiger partial charge in [0.25, 0.3) is 0 Å². The normalized spacial score (nSPS) is 22.3. The van der Waals surface area contributed by atoms with Crippen molar-refractivity contribution in [2.75, 3.05) is 19.6 Å². The first-order chi connectivity index (χ1) is 10.8. The van der Waals surface area contributed by atoms with Crippen LogP contribution in [0.2, 0.25) is 5.02 Å². The predicted octanol–water partition coefficient (Wildman–Crippen LogP) is 3.71. The van der Waals surface area contributed by atoms with Gasteiger partial charge in [-0.15, -0.1) is 0 Å². The van der Waals surface area contributed by atoms with Crippen molar-refractivity contribution in [1.29, 1.82) is 0 Å². The minimum atomic E-state index is 0.699. The van der Waals surface area contributed by atoms with Gasteiger partial charge in [-0.2, -0.15) is 0 Å². The van der Waals surface area contributed by atoms with Crippen LogP contribution < -0.4 is 5.32 Å². The number of fused-ring (bicyclic) bond motifs is 1. The Hall–Kier alpha value is -1.25. The lowest BCUT2D eigenvalue weighted by Crippen LogP contribution is -2.44. The van der Waals surface area contributed by atoms with E-state index in [9.17, 15) is 0 Å². The smallest absolute Gasteiger partial charge is 0.0408 e. The maximum Gasteiger partial charge on any atom is 0.0408 e. The van der Waals surface area contributed by atoms with Crippen molar-refractivity contribution in [3.63, 3.8) is 0 Å². The molecule has 2 heterocycles. The van der Waals surface area contributed by atoms with Gasteiger partial charge in [0.05, 0.1) is 0 Å². The van der Waals surface area contributed by atoms with E-state index >= 15 is 0 Å². The van der Waals surface area contributed by atoms with Gasteiger partial charge in [0.1, 0.15) is 0 Å². The van der Waals surface area contributed by atoms with Crippen molar-refractivity contribution >= 4 is 11.6 Å². The van der Waals surface area contributed by atoms with Crippen LogP contribution in [-0.2, 0) is 12.8 Å². The number of rotatable bonds is 1. The van der Waals surface area contributed by atoms with Crippen LogP contribution in [-0.4, -0.2) is 30.6 Å². The summed E-state index contributed by atoms with van der Waals surface area (Å²) in [7, 11) is 0. The Bertz CT molecular complexity index is 626. The second kappa shape index (κ2) is 6.10. The van der Waals surface area contributed by atoms with E-state index in [-0.39, 0.29) is 0 Å². The molecule has 0 bridgehead atoms. The van der Waals surface area contributed by atoms with Gasteiger partial charge in [-0.25, -0.2) is 0 Å². The molecule has 0 amide bonds. The maximum atomic E-state index is 6.19. The first-order valence-corrected chi connectivity index (χ1v) is 8.82. The van der Waals surface area contributed by atoms with Crippen LogP contribution in [0.3, 0.4) is 0 Å². The number of piperidine rings is 1. The monoisotopic (exact) mass is 314 g/mol. The third-order valence-electron chi connectivity index (χ3n) is 5.28. The standard InChI is InChI=1S/C19H23ClN2/c20-17-6-5-16-13-19-14(3-4-15(16)12-17)2-1-11-22(19)18-7-9-21-10-8-18/h1-2,5-6,12,18,21H,3-4,7-11,13H2. The highest BCUT2D eigenvalue weighted by atomic mass is 35.5. The Balaban J connectivity index is 1.66. The third-order valence-corrected chi connectivity index (χ3v) is 5.51. The van der Waals surface area contributed by atoms with Crippen LogP contribution in [0.5, 0.6) is 0 Å². The number of allylic oxidation sites excluding steroid dienone is 3. The number of hydrogen-bond acceptors (Lipinski definition) is 2. The van der Waals surface area contributed by atoms with E-state index in [1.165, 1.54) is 29.5 Å². The summed E-state index contributed by atoms with van der Waals surface area (Å²) in [5, 5.41) is 4.35. The molecular formula is C19H23ClN2. The summed E-state index contributed by atoms with van der Waals surface area (Å²) >= 11 is 6.19. The zero-order valence-electron chi connectivity index (χ0n) is 12.9. The predicted molar refractivity (Wildman–Crippen MR) is 92.2 cm³/mol. The Morgan fingerprint density at radius 2 is 1.95 bits per heavy atom. The van der Waals surface area contributed by atoms with E-state index in [4.69, 9.17) is 11.6 Å². The zero-order chi connectivity index (χ0) is 14.9. The summed E-state index contributed by atoms with van der Waals surface area (Å²) in [6, 6.07) is 7.13. The van der Waals surface area contributed by atoms with Gasteiger partial charge < -0.3 is 10.2 Å². The second-order valence-corrected chi connectivity index (χ2v) is 7.03. The molecule has 0 radical (unpaired) electrons. The topological polar surface area (TPSA) is 15.3 Å². The third kappa shape index (κ3) is 2.70. The van der Waals surface area contributed by atoms with Crippen molar-refractivity contribution in [2.24, 2.45) is 0 Å². The van der Waals surface area contributed by atoms with E-state index in [0.717, 1.165) is 43.9 Å². The number of aryl methyl sites for hydroxylation is 1. The van der Waals surface area contributed by atoms with Crippen LogP contribution >= 0.6 is 11.6 Å². The second-order valence-electron chi connectivity index (χ2n) is 6.60. The molecule has 0 unspecified atom stereocenters. The van der Waals surface area contributed by atoms with Crippen molar-refractivity contribution in [3.05, 3.63) is 57.8 Å². The van der Waals surface area contributed by atoms with Crippen LogP contribution in [0.1, 0.15) is 30.4 Å². The molecule has 1 aromatic carbocycles. The summed E-state index contributed by atoms with van der Waals surface area (Å²) < 4.78 is 0. The van der Waals surface area contributed by atoms with Crippen LogP contribution in [0.15, 0.2) is 41.6 Å². The van der Waals surface area contributed by atoms with Gasteiger partial charge >= 0.3 is 0 Å². The molecule has 22 heavy (non-hydrogen) atoms. The summed E-state index contributed by atoms with van der Waals surface area (Å²) in [5.41, 5.74) is 6.00. The van der Waals surface area contributed by atoms with Crippen LogP contribution in [0.4, 0.5) is 0 Å². The van der Waals surface area contributed by atoms with Gasteiger partial charge in [0.2, 0.25) is 0 Å². The van der Waals surface area contributed by atoms with E-state index in [1.54, 1.807) is 5.70 Å². The molecule has 1 aromatic rings. The molecule has 1 N–H and O–H groups in total. The fourth-order valence-electron chi connectivity index (χ4n) is 4.08. The molecule has 0 saturated carbocycles. The Kier molecular flexibility index (Phi) is 3.98. The Labute approximate surface area is 137 Å². The first kappa shape index (κ1) is 14.3. The molecule has 0 spiro atoms. The van der Waals surface area contributed by atoms with Crippen molar-refractivity contribution in [3.8, 4) is 0 Å². The van der Waals surface area contributed by atoms with Crippen molar-refractivity contribution < 1.29 is 0 Å². The highest BCUT2D eigenvalue weighted by Gasteiger charge is 2.27. The average Bonchev–Trinajstić information content (AvgIpc) is 2.74. The average molecular weight is 315 g/mol. The fourth-order valence-corrected chi connectivity index (χ4v) is 4.27. The Morgan fingerprint density at radius 1 is 1.09 bits per heavy atom. The number of nitrogens with one attached hydrogen (secondary N) is 1. The molecule has 2 nitrogen and oxygen atoms in total.